The zero-order chi connectivity index (χ0) is 15.2. The highest BCUT2D eigenvalue weighted by atomic mass is 35.5. The summed E-state index contributed by atoms with van der Waals surface area (Å²) in [6.45, 7) is 4.26. The van der Waals surface area contributed by atoms with Gasteiger partial charge in [-0.1, -0.05) is 32.1 Å². The van der Waals surface area contributed by atoms with Crippen molar-refractivity contribution in [3.8, 4) is 0 Å². The number of carbonyl (C=O) groups is 2. The highest BCUT2D eigenvalue weighted by Crippen LogP contribution is 2.27. The molecule has 0 aromatic heterocycles. The number of carbonyl (C=O) groups excluding carboxylic acids is 2. The Morgan fingerprint density at radius 2 is 1.59 bits per heavy atom. The lowest BCUT2D eigenvalue weighted by atomic mass is 9.86. The molecular weight excluding hydrogens is 302 g/mol. The summed E-state index contributed by atoms with van der Waals surface area (Å²) in [5.74, 6) is 1.00. The zero-order valence-electron chi connectivity index (χ0n) is 13.6. The molecule has 1 aliphatic heterocycles. The van der Waals surface area contributed by atoms with E-state index in [1.807, 2.05) is 4.90 Å². The fraction of sp³-hybridized carbons (Fsp3) is 0.875. The molecule has 0 bridgehead atoms. The molecule has 2 amide bonds. The van der Waals surface area contributed by atoms with Crippen molar-refractivity contribution in [1.29, 1.82) is 0 Å². The van der Waals surface area contributed by atoms with Crippen LogP contribution in [0.5, 0.6) is 0 Å². The molecule has 22 heavy (non-hydrogen) atoms. The molecule has 5 nitrogen and oxygen atoms in total. The van der Waals surface area contributed by atoms with Crippen LogP contribution in [0.25, 0.3) is 0 Å². The van der Waals surface area contributed by atoms with Gasteiger partial charge in [0.15, 0.2) is 0 Å². The Labute approximate surface area is 140 Å². The molecule has 2 fully saturated rings. The number of rotatable bonds is 4. The first-order chi connectivity index (χ1) is 10.1. The van der Waals surface area contributed by atoms with E-state index in [4.69, 9.17) is 5.73 Å². The number of hydrogen-bond donors (Lipinski definition) is 1. The van der Waals surface area contributed by atoms with Crippen molar-refractivity contribution < 1.29 is 9.59 Å². The molecule has 6 heteroatoms. The van der Waals surface area contributed by atoms with Gasteiger partial charge in [0.05, 0.1) is 6.04 Å². The molecule has 2 aliphatic rings. The smallest absolute Gasteiger partial charge is 0.239 e. The van der Waals surface area contributed by atoms with Crippen molar-refractivity contribution in [3.63, 3.8) is 0 Å². The van der Waals surface area contributed by atoms with Crippen molar-refractivity contribution >= 4 is 24.2 Å². The molecule has 1 aliphatic carbocycles. The summed E-state index contributed by atoms with van der Waals surface area (Å²) < 4.78 is 0. The van der Waals surface area contributed by atoms with E-state index < -0.39 is 6.04 Å². The summed E-state index contributed by atoms with van der Waals surface area (Å²) in [7, 11) is 0. The van der Waals surface area contributed by atoms with E-state index in [1.165, 1.54) is 32.1 Å². The molecule has 2 rings (SSSR count). The summed E-state index contributed by atoms with van der Waals surface area (Å²) in [6.07, 6.45) is 8.32. The van der Waals surface area contributed by atoms with Crippen molar-refractivity contribution in [3.05, 3.63) is 0 Å². The predicted octanol–water partition coefficient (Wildman–Crippen LogP) is 1.79. The molecule has 1 heterocycles. The fourth-order valence-corrected chi connectivity index (χ4v) is 3.43. The Morgan fingerprint density at radius 1 is 1.05 bits per heavy atom. The van der Waals surface area contributed by atoms with Crippen LogP contribution in [0, 0.1) is 5.92 Å². The van der Waals surface area contributed by atoms with E-state index >= 15 is 0 Å². The first-order valence-electron chi connectivity index (χ1n) is 8.40. The van der Waals surface area contributed by atoms with Crippen LogP contribution in [-0.2, 0) is 9.59 Å². The Morgan fingerprint density at radius 3 is 2.14 bits per heavy atom. The lowest BCUT2D eigenvalue weighted by Gasteiger charge is -2.35. The largest absolute Gasteiger partial charge is 0.339 e. The molecule has 1 saturated carbocycles. The van der Waals surface area contributed by atoms with E-state index in [9.17, 15) is 9.59 Å². The van der Waals surface area contributed by atoms with E-state index in [0.29, 0.717) is 32.6 Å². The second-order valence-corrected chi connectivity index (χ2v) is 6.54. The molecule has 1 saturated heterocycles. The number of nitrogens with zero attached hydrogens (tertiary/aromatic N) is 2. The topological polar surface area (TPSA) is 66.6 Å². The SMILES string of the molecule is C[C@@H](N)C(=O)N1CCN(C(=O)CCC2CCCCC2)CC1.Cl. The second kappa shape index (κ2) is 9.36. The van der Waals surface area contributed by atoms with E-state index in [0.717, 1.165) is 12.3 Å². The summed E-state index contributed by atoms with van der Waals surface area (Å²) in [5.41, 5.74) is 5.62. The number of nitrogens with two attached hydrogens (primary N) is 1. The molecule has 1 atom stereocenters. The minimum atomic E-state index is -0.446. The third-order valence-corrected chi connectivity index (χ3v) is 4.82. The number of piperazine rings is 1. The van der Waals surface area contributed by atoms with Gasteiger partial charge in [-0.25, -0.2) is 0 Å². The predicted molar refractivity (Wildman–Crippen MR) is 89.9 cm³/mol. The Hall–Kier alpha value is -0.810. The molecule has 2 N–H and O–H groups in total. The van der Waals surface area contributed by atoms with Crippen molar-refractivity contribution in [2.45, 2.75) is 57.9 Å². The standard InChI is InChI=1S/C16H29N3O2.ClH/c1-13(17)16(21)19-11-9-18(10-12-19)15(20)8-7-14-5-3-2-4-6-14;/h13-14H,2-12,17H2,1H3;1H/t13-;/m1./s1. The first kappa shape index (κ1) is 19.2. The summed E-state index contributed by atoms with van der Waals surface area (Å²) in [6, 6.07) is -0.446. The van der Waals surface area contributed by atoms with Crippen molar-refractivity contribution in [2.75, 3.05) is 26.2 Å². The minimum absolute atomic E-state index is 0. The molecule has 128 valence electrons. The van der Waals surface area contributed by atoms with Crippen LogP contribution in [0.3, 0.4) is 0 Å². The van der Waals surface area contributed by atoms with Crippen LogP contribution in [0.4, 0.5) is 0 Å². The number of hydrogen-bond acceptors (Lipinski definition) is 3. The highest BCUT2D eigenvalue weighted by Gasteiger charge is 2.25. The molecule has 0 aromatic rings. The average Bonchev–Trinajstić information content (AvgIpc) is 2.53. The normalized spacial score (nSPS) is 21.2. The highest BCUT2D eigenvalue weighted by molar-refractivity contribution is 5.85. The van der Waals surface area contributed by atoms with Crippen LogP contribution >= 0.6 is 12.4 Å². The first-order valence-corrected chi connectivity index (χ1v) is 8.40. The van der Waals surface area contributed by atoms with Crippen LogP contribution in [-0.4, -0.2) is 53.8 Å². The van der Waals surface area contributed by atoms with E-state index in [-0.39, 0.29) is 24.2 Å². The Balaban J connectivity index is 0.00000242. The van der Waals surface area contributed by atoms with E-state index in [1.54, 1.807) is 11.8 Å². The Bertz CT molecular complexity index is 362. The van der Waals surface area contributed by atoms with Gasteiger partial charge in [-0.3, -0.25) is 9.59 Å². The lowest BCUT2D eigenvalue weighted by molar-refractivity contribution is -0.140. The van der Waals surface area contributed by atoms with Crippen molar-refractivity contribution in [2.24, 2.45) is 11.7 Å². The third-order valence-electron chi connectivity index (χ3n) is 4.82. The summed E-state index contributed by atoms with van der Waals surface area (Å²) >= 11 is 0. The average molecular weight is 332 g/mol. The molecule has 0 radical (unpaired) electrons. The van der Waals surface area contributed by atoms with Crippen molar-refractivity contribution in [1.82, 2.24) is 9.80 Å². The summed E-state index contributed by atoms with van der Waals surface area (Å²) in [4.78, 5) is 27.7. The zero-order valence-corrected chi connectivity index (χ0v) is 14.4. The number of amides is 2. The molecule has 0 spiro atoms. The third kappa shape index (κ3) is 5.43. The van der Waals surface area contributed by atoms with Gasteiger partial charge >= 0.3 is 0 Å². The van der Waals surface area contributed by atoms with Crippen LogP contribution in [0.2, 0.25) is 0 Å². The second-order valence-electron chi connectivity index (χ2n) is 6.54. The van der Waals surface area contributed by atoms with Gasteiger partial charge in [0, 0.05) is 32.6 Å². The van der Waals surface area contributed by atoms with Gasteiger partial charge in [0.1, 0.15) is 0 Å². The van der Waals surface area contributed by atoms with Gasteiger partial charge in [0.25, 0.3) is 0 Å². The quantitative estimate of drug-likeness (QED) is 0.854. The van der Waals surface area contributed by atoms with Crippen LogP contribution in [0.15, 0.2) is 0 Å². The maximum atomic E-state index is 12.2. The van der Waals surface area contributed by atoms with Gasteiger partial charge < -0.3 is 15.5 Å². The molecular formula is C16H30ClN3O2. The van der Waals surface area contributed by atoms with Gasteiger partial charge in [-0.05, 0) is 19.3 Å². The van der Waals surface area contributed by atoms with Crippen LogP contribution < -0.4 is 5.73 Å². The van der Waals surface area contributed by atoms with E-state index in [2.05, 4.69) is 0 Å². The summed E-state index contributed by atoms with van der Waals surface area (Å²) in [5, 5.41) is 0. The fourth-order valence-electron chi connectivity index (χ4n) is 3.43. The molecule has 0 aromatic carbocycles. The van der Waals surface area contributed by atoms with Gasteiger partial charge in [0.2, 0.25) is 11.8 Å². The lowest BCUT2D eigenvalue weighted by Crippen LogP contribution is -2.53. The minimum Gasteiger partial charge on any atom is -0.339 e. The number of halogens is 1. The molecule has 0 unspecified atom stereocenters. The van der Waals surface area contributed by atoms with Gasteiger partial charge in [-0.2, -0.15) is 0 Å². The Kier molecular flexibility index (Phi) is 8.18. The monoisotopic (exact) mass is 331 g/mol. The van der Waals surface area contributed by atoms with Gasteiger partial charge in [-0.15, -0.1) is 12.4 Å². The van der Waals surface area contributed by atoms with Crippen LogP contribution in [0.1, 0.15) is 51.9 Å². The maximum absolute atomic E-state index is 12.2. The maximum Gasteiger partial charge on any atom is 0.239 e.